The molecule has 2 N–H and O–H groups in total. The van der Waals surface area contributed by atoms with E-state index in [-0.39, 0.29) is 11.9 Å². The van der Waals surface area contributed by atoms with Crippen molar-refractivity contribution >= 4 is 0 Å². The van der Waals surface area contributed by atoms with Crippen molar-refractivity contribution in [3.63, 3.8) is 0 Å². The molecule has 4 saturated carbocycles. The molecule has 0 heterocycles. The molecule has 0 bridgehead atoms. The lowest BCUT2D eigenvalue weighted by Crippen LogP contribution is -2.54. The summed E-state index contributed by atoms with van der Waals surface area (Å²) in [6, 6.07) is 6.65. The van der Waals surface area contributed by atoms with Crippen molar-refractivity contribution in [3.05, 3.63) is 35.6 Å². The van der Waals surface area contributed by atoms with Gasteiger partial charge in [-0.2, -0.15) is 0 Å². The average Bonchev–Trinajstić information content (AvgIpc) is 3.17. The molecular weight excluding hydrogens is 423 g/mol. The van der Waals surface area contributed by atoms with Gasteiger partial charge in [0.25, 0.3) is 0 Å². The van der Waals surface area contributed by atoms with E-state index >= 15 is 0 Å². The van der Waals surface area contributed by atoms with E-state index in [2.05, 4.69) is 20.8 Å². The largest absolute Gasteiger partial charge is 0.393 e. The highest BCUT2D eigenvalue weighted by Crippen LogP contribution is 2.68. The van der Waals surface area contributed by atoms with Crippen LogP contribution >= 0.6 is 0 Å². The molecule has 4 aliphatic carbocycles. The summed E-state index contributed by atoms with van der Waals surface area (Å²) in [5.74, 6) is 4.50. The van der Waals surface area contributed by atoms with Gasteiger partial charge in [0.2, 0.25) is 0 Å². The fourth-order valence-electron chi connectivity index (χ4n) is 9.95. The summed E-state index contributed by atoms with van der Waals surface area (Å²) < 4.78 is 14.0. The van der Waals surface area contributed by atoms with E-state index in [1.165, 1.54) is 51.0 Å². The zero-order valence-corrected chi connectivity index (χ0v) is 21.7. The number of fused-ring (bicyclic) bond motifs is 5. The van der Waals surface area contributed by atoms with Crippen molar-refractivity contribution in [2.75, 3.05) is 0 Å². The molecule has 0 amide bonds. The molecule has 0 saturated heterocycles. The predicted octanol–water partition coefficient (Wildman–Crippen LogP) is 7.69. The molecule has 1 aromatic carbocycles. The molecule has 0 aliphatic heterocycles. The molecule has 10 atom stereocenters. The maximum atomic E-state index is 14.0. The van der Waals surface area contributed by atoms with Gasteiger partial charge in [0.15, 0.2) is 0 Å². The molecule has 2 unspecified atom stereocenters. The second kappa shape index (κ2) is 9.51. The van der Waals surface area contributed by atoms with E-state index < -0.39 is 6.10 Å². The summed E-state index contributed by atoms with van der Waals surface area (Å²) in [7, 11) is 0. The van der Waals surface area contributed by atoms with Gasteiger partial charge >= 0.3 is 0 Å². The molecular formula is C31H47FO2. The highest BCUT2D eigenvalue weighted by atomic mass is 19.1. The first-order valence-corrected chi connectivity index (χ1v) is 14.3. The van der Waals surface area contributed by atoms with Crippen molar-refractivity contribution in [2.45, 2.75) is 110 Å². The van der Waals surface area contributed by atoms with Crippen LogP contribution < -0.4 is 0 Å². The van der Waals surface area contributed by atoms with Crippen LogP contribution in [0.2, 0.25) is 0 Å². The van der Waals surface area contributed by atoms with E-state index in [0.29, 0.717) is 28.7 Å². The third-order valence-electron chi connectivity index (χ3n) is 11.8. The van der Waals surface area contributed by atoms with Crippen LogP contribution in [-0.2, 0) is 0 Å². The van der Waals surface area contributed by atoms with E-state index in [1.807, 2.05) is 6.07 Å². The van der Waals surface area contributed by atoms with Gasteiger partial charge in [-0.3, -0.25) is 0 Å². The number of benzene rings is 1. The van der Waals surface area contributed by atoms with Gasteiger partial charge in [-0.1, -0.05) is 51.8 Å². The highest BCUT2D eigenvalue weighted by molar-refractivity contribution is 5.19. The van der Waals surface area contributed by atoms with Crippen LogP contribution in [-0.4, -0.2) is 16.3 Å². The highest BCUT2D eigenvalue weighted by Gasteiger charge is 2.60. The first-order chi connectivity index (χ1) is 16.2. The number of hydrogen-bond acceptors (Lipinski definition) is 2. The number of hydrogen-bond donors (Lipinski definition) is 2. The molecule has 4 aliphatic rings. The minimum atomic E-state index is -0.694. The minimum absolute atomic E-state index is 0.0582. The molecule has 34 heavy (non-hydrogen) atoms. The van der Waals surface area contributed by atoms with Crippen LogP contribution in [0.1, 0.15) is 109 Å². The van der Waals surface area contributed by atoms with Crippen molar-refractivity contribution in [1.82, 2.24) is 0 Å². The van der Waals surface area contributed by atoms with Crippen LogP contribution in [0.15, 0.2) is 24.3 Å². The van der Waals surface area contributed by atoms with Crippen molar-refractivity contribution in [3.8, 4) is 0 Å². The summed E-state index contributed by atoms with van der Waals surface area (Å²) in [4.78, 5) is 0. The van der Waals surface area contributed by atoms with E-state index in [4.69, 9.17) is 0 Å². The summed E-state index contributed by atoms with van der Waals surface area (Å²) in [6.07, 6.45) is 13.5. The quantitative estimate of drug-likeness (QED) is 0.447. The minimum Gasteiger partial charge on any atom is -0.393 e. The number of aliphatic hydroxyl groups is 2. The van der Waals surface area contributed by atoms with Gasteiger partial charge in [0.1, 0.15) is 5.82 Å². The summed E-state index contributed by atoms with van der Waals surface area (Å²) in [6.45, 7) is 7.65. The van der Waals surface area contributed by atoms with Gasteiger partial charge in [-0.15, -0.1) is 0 Å². The van der Waals surface area contributed by atoms with Crippen molar-refractivity contribution in [2.24, 2.45) is 46.3 Å². The molecule has 0 spiro atoms. The van der Waals surface area contributed by atoms with Crippen LogP contribution in [0.3, 0.4) is 0 Å². The average molecular weight is 471 g/mol. The van der Waals surface area contributed by atoms with Crippen LogP contribution in [0.4, 0.5) is 4.39 Å². The van der Waals surface area contributed by atoms with Gasteiger partial charge < -0.3 is 10.2 Å². The monoisotopic (exact) mass is 470 g/mol. The standard InChI is InChI=1S/C31H47FO2/c1-20(7-6-10-29(34)24-8-4-5-9-28(24)32)25-13-14-26-23-12-11-21-19-22(33)15-17-30(21,2)27(23)16-18-31(25,26)3/h4-5,8-9,20-23,25-27,29,33-34H,6-7,10-19H2,1-3H3/t20?,21-,22-,23-,25+,26-,27-,29?,30-,31+/m0/s1. The third kappa shape index (κ3) is 4.17. The molecule has 0 aromatic heterocycles. The Labute approximate surface area is 206 Å². The smallest absolute Gasteiger partial charge is 0.128 e. The van der Waals surface area contributed by atoms with Crippen LogP contribution in [0.25, 0.3) is 0 Å². The lowest BCUT2D eigenvalue weighted by molar-refractivity contribution is -0.129. The molecule has 3 heteroatoms. The Kier molecular flexibility index (Phi) is 6.92. The van der Waals surface area contributed by atoms with Gasteiger partial charge in [-0.25, -0.2) is 4.39 Å². The molecule has 4 fully saturated rings. The number of rotatable bonds is 6. The number of aliphatic hydroxyl groups excluding tert-OH is 2. The van der Waals surface area contributed by atoms with Crippen molar-refractivity contribution < 1.29 is 14.6 Å². The SMILES string of the molecule is CC(CCCC(O)c1ccccc1F)[C@H]1CC[C@H]2[C@@H]3CC[C@H]4C[C@@H](O)CC[C@]4(C)[C@H]3CC[C@]12C. The molecule has 2 nitrogen and oxygen atoms in total. The summed E-state index contributed by atoms with van der Waals surface area (Å²) >= 11 is 0. The second-order valence-electron chi connectivity index (χ2n) is 13.3. The Morgan fingerprint density at radius 2 is 1.68 bits per heavy atom. The first kappa shape index (κ1) is 24.8. The zero-order chi connectivity index (χ0) is 24.1. The lowest BCUT2D eigenvalue weighted by atomic mass is 9.44. The van der Waals surface area contributed by atoms with Crippen LogP contribution in [0.5, 0.6) is 0 Å². The third-order valence-corrected chi connectivity index (χ3v) is 11.8. The second-order valence-corrected chi connectivity index (χ2v) is 13.3. The fourth-order valence-corrected chi connectivity index (χ4v) is 9.95. The van der Waals surface area contributed by atoms with E-state index in [0.717, 1.165) is 55.3 Å². The zero-order valence-electron chi connectivity index (χ0n) is 21.7. The normalized spacial score (nSPS) is 43.5. The molecule has 0 radical (unpaired) electrons. The maximum Gasteiger partial charge on any atom is 0.128 e. The first-order valence-electron chi connectivity index (χ1n) is 14.3. The van der Waals surface area contributed by atoms with E-state index in [9.17, 15) is 14.6 Å². The van der Waals surface area contributed by atoms with Crippen molar-refractivity contribution in [1.29, 1.82) is 0 Å². The maximum absolute atomic E-state index is 14.0. The van der Waals surface area contributed by atoms with Gasteiger partial charge in [-0.05, 0) is 117 Å². The molecule has 5 rings (SSSR count). The van der Waals surface area contributed by atoms with Gasteiger partial charge in [0, 0.05) is 5.56 Å². The van der Waals surface area contributed by atoms with Crippen LogP contribution in [0, 0.1) is 52.2 Å². The predicted molar refractivity (Wildman–Crippen MR) is 136 cm³/mol. The molecule has 1 aromatic rings. The molecule has 190 valence electrons. The number of halogens is 1. The topological polar surface area (TPSA) is 40.5 Å². The van der Waals surface area contributed by atoms with Gasteiger partial charge in [0.05, 0.1) is 12.2 Å². The Morgan fingerprint density at radius 1 is 0.941 bits per heavy atom. The Balaban J connectivity index is 1.21. The lowest BCUT2D eigenvalue weighted by Gasteiger charge is -2.61. The fraction of sp³-hybridized carbons (Fsp3) is 0.806. The summed E-state index contributed by atoms with van der Waals surface area (Å²) in [5.41, 5.74) is 1.36. The Morgan fingerprint density at radius 3 is 2.47 bits per heavy atom. The summed E-state index contributed by atoms with van der Waals surface area (Å²) in [5, 5.41) is 20.8. The Bertz CT molecular complexity index is 856. The Hall–Kier alpha value is -0.930. The van der Waals surface area contributed by atoms with E-state index in [1.54, 1.807) is 12.1 Å².